The van der Waals surface area contributed by atoms with Crippen molar-refractivity contribution in [2.75, 3.05) is 7.11 Å². The first-order valence-electron chi connectivity index (χ1n) is 15.6. The van der Waals surface area contributed by atoms with Crippen LogP contribution < -0.4 is 14.2 Å². The van der Waals surface area contributed by atoms with Gasteiger partial charge in [0.2, 0.25) is 5.60 Å². The van der Waals surface area contributed by atoms with E-state index in [9.17, 15) is 44.4 Å². The monoisotopic (exact) mass is 702 g/mol. The summed E-state index contributed by atoms with van der Waals surface area (Å²) in [6.07, 6.45) is 2.01. The molecular formula is C38H38O13. The molecule has 0 amide bonds. The third-order valence-electron chi connectivity index (χ3n) is 9.39. The number of carbonyl (C=O) groups is 5. The maximum atomic E-state index is 13.4. The molecule has 268 valence electrons. The number of hydrogen-bond acceptors (Lipinski definition) is 12. The lowest BCUT2D eigenvalue weighted by molar-refractivity contribution is -0.151. The SMILES string of the molecule is COC1=CC(=O)C=C(C)[C@]1(O)C(=O)Oc1cc(O)c(C(=O)Oc2cc(C)c(C(=O)Oc3c(C)c(C)c(C(=O)O)c(C)c3C)c(O)c2C)c(C)c1C. The number of aliphatic hydroxyl groups is 1. The topological polar surface area (TPSA) is 203 Å². The number of aromatic hydroxyl groups is 2. The highest BCUT2D eigenvalue weighted by Crippen LogP contribution is 2.40. The minimum Gasteiger partial charge on any atom is -0.507 e. The van der Waals surface area contributed by atoms with E-state index < -0.39 is 46.8 Å². The number of methoxy groups -OCH3 is 1. The maximum Gasteiger partial charge on any atom is 0.356 e. The van der Waals surface area contributed by atoms with E-state index >= 15 is 0 Å². The first kappa shape index (κ1) is 37.9. The molecule has 0 bridgehead atoms. The van der Waals surface area contributed by atoms with Crippen molar-refractivity contribution in [2.45, 2.75) is 67.9 Å². The standard InChI is InChI=1S/C38H38O13/c1-15-11-26(23(9)32(41)29(15)35(44)51-33-21(7)19(5)30(34(42)43)20(6)22(33)8)49-36(45)31-18(4)17(3)27(14-25(31)40)50-37(46)38(47)16(2)12-24(39)13-28(38)48-10/h11-14,40-41,47H,1-10H3,(H,42,43)/t38-/m1/s1. The summed E-state index contributed by atoms with van der Waals surface area (Å²) in [6, 6.07) is 2.34. The van der Waals surface area contributed by atoms with Gasteiger partial charge in [0.25, 0.3) is 0 Å². The second kappa shape index (κ2) is 13.8. The summed E-state index contributed by atoms with van der Waals surface area (Å²) in [4.78, 5) is 63.8. The van der Waals surface area contributed by atoms with Gasteiger partial charge < -0.3 is 39.4 Å². The molecular weight excluding hydrogens is 664 g/mol. The van der Waals surface area contributed by atoms with Crippen LogP contribution >= 0.6 is 0 Å². The Balaban J connectivity index is 1.63. The number of ketones is 1. The molecule has 0 radical (unpaired) electrons. The number of carboxylic acids is 1. The Morgan fingerprint density at radius 1 is 0.647 bits per heavy atom. The molecule has 51 heavy (non-hydrogen) atoms. The Morgan fingerprint density at radius 3 is 1.73 bits per heavy atom. The van der Waals surface area contributed by atoms with Crippen LogP contribution in [-0.2, 0) is 14.3 Å². The van der Waals surface area contributed by atoms with Crippen LogP contribution in [0.3, 0.4) is 0 Å². The number of aromatic carboxylic acids is 1. The first-order chi connectivity index (χ1) is 23.7. The van der Waals surface area contributed by atoms with Gasteiger partial charge in [0, 0.05) is 17.7 Å². The number of carbonyl (C=O) groups excluding carboxylic acids is 4. The van der Waals surface area contributed by atoms with E-state index in [1.807, 2.05) is 0 Å². The Hall–Kier alpha value is -5.95. The normalized spacial score (nSPS) is 15.5. The predicted molar refractivity (Wildman–Crippen MR) is 182 cm³/mol. The van der Waals surface area contributed by atoms with Crippen LogP contribution in [0.1, 0.15) is 82.5 Å². The van der Waals surface area contributed by atoms with Gasteiger partial charge in [-0.3, -0.25) is 4.79 Å². The van der Waals surface area contributed by atoms with E-state index in [4.69, 9.17) is 18.9 Å². The van der Waals surface area contributed by atoms with Crippen LogP contribution in [0.25, 0.3) is 0 Å². The lowest BCUT2D eigenvalue weighted by Crippen LogP contribution is -2.47. The van der Waals surface area contributed by atoms with Crippen LogP contribution in [0.15, 0.2) is 35.6 Å². The van der Waals surface area contributed by atoms with Crippen LogP contribution in [-0.4, -0.2) is 62.8 Å². The number of rotatable bonds is 8. The van der Waals surface area contributed by atoms with Crippen molar-refractivity contribution in [1.29, 1.82) is 0 Å². The summed E-state index contributed by atoms with van der Waals surface area (Å²) in [7, 11) is 1.17. The molecule has 0 saturated heterocycles. The number of benzene rings is 3. The molecule has 3 aromatic rings. The van der Waals surface area contributed by atoms with E-state index in [1.54, 1.807) is 27.7 Å². The van der Waals surface area contributed by atoms with Gasteiger partial charge in [0.05, 0.1) is 12.7 Å². The van der Waals surface area contributed by atoms with Crippen LogP contribution in [0.2, 0.25) is 0 Å². The molecule has 3 aromatic carbocycles. The van der Waals surface area contributed by atoms with Crippen molar-refractivity contribution in [2.24, 2.45) is 0 Å². The molecule has 0 fully saturated rings. The number of ether oxygens (including phenoxy) is 4. The van der Waals surface area contributed by atoms with Crippen molar-refractivity contribution in [3.05, 3.63) is 96.8 Å². The Kier molecular flexibility index (Phi) is 10.2. The quantitative estimate of drug-likeness (QED) is 0.172. The number of esters is 3. The summed E-state index contributed by atoms with van der Waals surface area (Å²) in [5.74, 6) is -6.45. The van der Waals surface area contributed by atoms with Gasteiger partial charge in [-0.2, -0.15) is 0 Å². The van der Waals surface area contributed by atoms with E-state index in [1.165, 1.54) is 47.8 Å². The maximum absolute atomic E-state index is 13.4. The second-order valence-corrected chi connectivity index (χ2v) is 12.4. The van der Waals surface area contributed by atoms with Gasteiger partial charge in [-0.05, 0) is 119 Å². The van der Waals surface area contributed by atoms with E-state index in [2.05, 4.69) is 0 Å². The van der Waals surface area contributed by atoms with Gasteiger partial charge in [-0.25, -0.2) is 19.2 Å². The molecule has 0 unspecified atom stereocenters. The summed E-state index contributed by atoms with van der Waals surface area (Å²) in [6.45, 7) is 13.7. The smallest absolute Gasteiger partial charge is 0.356 e. The summed E-state index contributed by atoms with van der Waals surface area (Å²) < 4.78 is 21.8. The number of carboxylic acid groups (broad SMARTS) is 1. The van der Waals surface area contributed by atoms with Crippen molar-refractivity contribution in [3.8, 4) is 28.7 Å². The van der Waals surface area contributed by atoms with Crippen molar-refractivity contribution < 1.29 is 63.3 Å². The predicted octanol–water partition coefficient (Wildman–Crippen LogP) is 5.40. The van der Waals surface area contributed by atoms with Gasteiger partial charge >= 0.3 is 23.9 Å². The van der Waals surface area contributed by atoms with Gasteiger partial charge in [-0.1, -0.05) is 0 Å². The summed E-state index contributed by atoms with van der Waals surface area (Å²) in [5, 5.41) is 42.8. The van der Waals surface area contributed by atoms with E-state index in [0.717, 1.165) is 18.2 Å². The van der Waals surface area contributed by atoms with Crippen LogP contribution in [0.4, 0.5) is 0 Å². The summed E-state index contributed by atoms with van der Waals surface area (Å²) in [5.41, 5.74) is -0.524. The van der Waals surface area contributed by atoms with Crippen LogP contribution in [0, 0.1) is 55.4 Å². The molecule has 13 nitrogen and oxygen atoms in total. The number of phenolic OH excluding ortho intramolecular Hbond substituents is 2. The Labute approximate surface area is 293 Å². The number of hydrogen-bond donors (Lipinski definition) is 4. The molecule has 0 heterocycles. The highest BCUT2D eigenvalue weighted by molar-refractivity contribution is 6.06. The highest BCUT2D eigenvalue weighted by atomic mass is 16.6. The van der Waals surface area contributed by atoms with Gasteiger partial charge in [0.15, 0.2) is 5.78 Å². The minimum atomic E-state index is -2.42. The molecule has 4 rings (SSSR count). The average Bonchev–Trinajstić information content (AvgIpc) is 3.04. The molecule has 1 aliphatic rings. The fourth-order valence-electron chi connectivity index (χ4n) is 5.94. The lowest BCUT2D eigenvalue weighted by atomic mass is 9.87. The third-order valence-corrected chi connectivity index (χ3v) is 9.39. The molecule has 0 spiro atoms. The zero-order valence-electron chi connectivity index (χ0n) is 29.8. The molecule has 1 aliphatic carbocycles. The fourth-order valence-corrected chi connectivity index (χ4v) is 5.94. The molecule has 0 aromatic heterocycles. The molecule has 0 saturated carbocycles. The van der Waals surface area contributed by atoms with Crippen molar-refractivity contribution >= 4 is 29.7 Å². The molecule has 0 aliphatic heterocycles. The number of allylic oxidation sites excluding steroid dienone is 2. The average molecular weight is 703 g/mol. The van der Waals surface area contributed by atoms with E-state index in [0.29, 0.717) is 22.3 Å². The van der Waals surface area contributed by atoms with Gasteiger partial charge in [0.1, 0.15) is 45.6 Å². The molecule has 1 atom stereocenters. The van der Waals surface area contributed by atoms with Crippen molar-refractivity contribution in [1.82, 2.24) is 0 Å². The van der Waals surface area contributed by atoms with Crippen molar-refractivity contribution in [3.63, 3.8) is 0 Å². The van der Waals surface area contributed by atoms with Gasteiger partial charge in [-0.15, -0.1) is 0 Å². The Morgan fingerprint density at radius 2 is 1.18 bits per heavy atom. The third kappa shape index (κ3) is 6.43. The zero-order chi connectivity index (χ0) is 38.4. The molecule has 4 N–H and O–H groups in total. The minimum absolute atomic E-state index is 0.00646. The Bertz CT molecular complexity index is 2100. The number of phenols is 2. The summed E-state index contributed by atoms with van der Waals surface area (Å²) >= 11 is 0. The molecule has 13 heteroatoms. The van der Waals surface area contributed by atoms with Crippen LogP contribution in [0.5, 0.6) is 28.7 Å². The zero-order valence-corrected chi connectivity index (χ0v) is 29.8. The highest BCUT2D eigenvalue weighted by Gasteiger charge is 2.48. The number of aryl methyl sites for hydroxylation is 1. The lowest BCUT2D eigenvalue weighted by Gasteiger charge is -2.30. The largest absolute Gasteiger partial charge is 0.507 e. The fraction of sp³-hybridized carbons (Fsp3) is 0.289. The second-order valence-electron chi connectivity index (χ2n) is 12.4. The first-order valence-corrected chi connectivity index (χ1v) is 15.6. The van der Waals surface area contributed by atoms with E-state index in [-0.39, 0.29) is 67.5 Å².